The summed E-state index contributed by atoms with van der Waals surface area (Å²) >= 11 is 0. The number of carbonyl (C=O) groups excluding carboxylic acids is 1. The van der Waals surface area contributed by atoms with Crippen LogP contribution in [0.1, 0.15) is 34.6 Å². The van der Waals surface area contributed by atoms with E-state index in [1.54, 1.807) is 23.3 Å². The fraction of sp³-hybridized carbons (Fsp3) is 0.400. The molecule has 6 nitrogen and oxygen atoms in total. The number of hydrogen-bond donors (Lipinski definition) is 2. The Hall–Kier alpha value is -2.42. The van der Waals surface area contributed by atoms with E-state index in [9.17, 15) is 18.0 Å². The molecule has 1 amide bonds. The molecule has 1 aliphatic rings. The number of aromatic amines is 1. The lowest BCUT2D eigenvalue weighted by atomic mass is 10.1. The first kappa shape index (κ1) is 16.4. The summed E-state index contributed by atoms with van der Waals surface area (Å²) < 4.78 is 37.4. The van der Waals surface area contributed by atoms with Crippen molar-refractivity contribution in [1.29, 1.82) is 0 Å². The van der Waals surface area contributed by atoms with Gasteiger partial charge in [-0.05, 0) is 43.6 Å². The lowest BCUT2D eigenvalue weighted by molar-refractivity contribution is -0.144. The maximum atomic E-state index is 12.5. The van der Waals surface area contributed by atoms with Crippen LogP contribution in [0, 0.1) is 0 Å². The zero-order valence-electron chi connectivity index (χ0n) is 12.7. The fourth-order valence-corrected chi connectivity index (χ4v) is 2.63. The number of rotatable bonds is 4. The van der Waals surface area contributed by atoms with Crippen LogP contribution in [-0.4, -0.2) is 39.1 Å². The first-order valence-corrected chi connectivity index (χ1v) is 7.54. The minimum atomic E-state index is -4.63. The van der Waals surface area contributed by atoms with E-state index in [0.717, 1.165) is 25.2 Å². The summed E-state index contributed by atoms with van der Waals surface area (Å²) in [6, 6.07) is 6.99. The van der Waals surface area contributed by atoms with Crippen molar-refractivity contribution >= 4 is 11.9 Å². The van der Waals surface area contributed by atoms with Crippen molar-refractivity contribution in [2.75, 3.05) is 18.4 Å². The molecule has 1 aromatic heterocycles. The Morgan fingerprint density at radius 3 is 2.71 bits per heavy atom. The molecule has 0 aliphatic carbocycles. The molecular formula is C15H16F3N5O. The number of benzene rings is 1. The summed E-state index contributed by atoms with van der Waals surface area (Å²) in [5, 5.41) is 7.38. The van der Waals surface area contributed by atoms with Crippen LogP contribution >= 0.6 is 0 Å². The van der Waals surface area contributed by atoms with E-state index in [1.807, 2.05) is 6.07 Å². The van der Waals surface area contributed by atoms with Crippen molar-refractivity contribution in [2.45, 2.75) is 25.6 Å². The highest BCUT2D eigenvalue weighted by atomic mass is 19.4. The Bertz CT molecular complexity index is 722. The maximum absolute atomic E-state index is 12.5. The monoisotopic (exact) mass is 339 g/mol. The molecule has 1 saturated heterocycles. The Morgan fingerprint density at radius 1 is 1.29 bits per heavy atom. The topological polar surface area (TPSA) is 73.9 Å². The molecule has 1 fully saturated rings. The number of amides is 1. The average molecular weight is 339 g/mol. The highest BCUT2D eigenvalue weighted by molar-refractivity contribution is 6.03. The molecule has 1 aliphatic heterocycles. The smallest absolute Gasteiger partial charge is 0.299 e. The standard InChI is InChI=1S/C15H16F3N5O/c16-15(17,18)13-20-14(22-21-13)19-12(24)11-5-3-4-10(8-11)9-23-6-1-2-7-23/h3-5,8H,1-2,6-7,9H2,(H2,19,20,21,22,24). The van der Waals surface area contributed by atoms with Gasteiger partial charge < -0.3 is 0 Å². The minimum Gasteiger partial charge on any atom is -0.299 e. The summed E-state index contributed by atoms with van der Waals surface area (Å²) in [4.78, 5) is 17.7. The van der Waals surface area contributed by atoms with Crippen LogP contribution < -0.4 is 5.32 Å². The molecular weight excluding hydrogens is 323 g/mol. The molecule has 2 aromatic rings. The third-order valence-electron chi connectivity index (χ3n) is 3.77. The maximum Gasteiger partial charge on any atom is 0.451 e. The van der Waals surface area contributed by atoms with Crippen LogP contribution in [0.15, 0.2) is 24.3 Å². The molecule has 3 rings (SSSR count). The van der Waals surface area contributed by atoms with E-state index in [2.05, 4.69) is 20.3 Å². The molecule has 0 saturated carbocycles. The van der Waals surface area contributed by atoms with E-state index in [-0.39, 0.29) is 0 Å². The number of likely N-dealkylation sites (tertiary alicyclic amines) is 1. The average Bonchev–Trinajstić information content (AvgIpc) is 3.18. The zero-order chi connectivity index (χ0) is 17.2. The summed E-state index contributed by atoms with van der Waals surface area (Å²) in [6.45, 7) is 2.82. The Morgan fingerprint density at radius 2 is 2.04 bits per heavy atom. The van der Waals surface area contributed by atoms with E-state index in [0.29, 0.717) is 5.56 Å². The SMILES string of the molecule is O=C(Nc1n[nH]c(C(F)(F)F)n1)c1cccc(CN2CCCC2)c1. The Kier molecular flexibility index (Phi) is 4.52. The van der Waals surface area contributed by atoms with E-state index < -0.39 is 23.9 Å². The fourth-order valence-electron chi connectivity index (χ4n) is 2.63. The Labute approximate surface area is 136 Å². The van der Waals surface area contributed by atoms with Crippen molar-refractivity contribution in [3.63, 3.8) is 0 Å². The third-order valence-corrected chi connectivity index (χ3v) is 3.77. The predicted molar refractivity (Wildman–Crippen MR) is 80.3 cm³/mol. The van der Waals surface area contributed by atoms with Crippen LogP contribution in [0.5, 0.6) is 0 Å². The largest absolute Gasteiger partial charge is 0.451 e. The van der Waals surface area contributed by atoms with Crippen LogP contribution in [0.3, 0.4) is 0 Å². The molecule has 0 atom stereocenters. The van der Waals surface area contributed by atoms with E-state index >= 15 is 0 Å². The first-order chi connectivity index (χ1) is 11.4. The lowest BCUT2D eigenvalue weighted by Crippen LogP contribution is -2.19. The molecule has 24 heavy (non-hydrogen) atoms. The zero-order valence-corrected chi connectivity index (χ0v) is 12.7. The minimum absolute atomic E-state index is 0.352. The quantitative estimate of drug-likeness (QED) is 0.898. The van der Waals surface area contributed by atoms with Gasteiger partial charge in [-0.3, -0.25) is 20.1 Å². The molecule has 0 unspecified atom stereocenters. The molecule has 128 valence electrons. The van der Waals surface area contributed by atoms with Gasteiger partial charge in [0.15, 0.2) is 0 Å². The van der Waals surface area contributed by atoms with Gasteiger partial charge in [0.1, 0.15) is 0 Å². The number of aromatic nitrogens is 3. The van der Waals surface area contributed by atoms with Gasteiger partial charge in [0, 0.05) is 12.1 Å². The highest BCUT2D eigenvalue weighted by Gasteiger charge is 2.35. The summed E-state index contributed by atoms with van der Waals surface area (Å²) in [5.74, 6) is -2.20. The second-order valence-corrected chi connectivity index (χ2v) is 5.64. The Balaban J connectivity index is 1.67. The summed E-state index contributed by atoms with van der Waals surface area (Å²) in [7, 11) is 0. The van der Waals surface area contributed by atoms with Gasteiger partial charge in [0.25, 0.3) is 5.91 Å². The van der Waals surface area contributed by atoms with Gasteiger partial charge >= 0.3 is 6.18 Å². The second-order valence-electron chi connectivity index (χ2n) is 5.64. The number of nitrogens with zero attached hydrogens (tertiary/aromatic N) is 3. The third kappa shape index (κ3) is 3.91. The van der Waals surface area contributed by atoms with Crippen molar-refractivity contribution in [3.05, 3.63) is 41.2 Å². The lowest BCUT2D eigenvalue weighted by Gasteiger charge is -2.14. The highest BCUT2D eigenvalue weighted by Crippen LogP contribution is 2.26. The van der Waals surface area contributed by atoms with Crippen LogP contribution in [-0.2, 0) is 12.7 Å². The van der Waals surface area contributed by atoms with E-state index in [4.69, 9.17) is 0 Å². The van der Waals surface area contributed by atoms with Gasteiger partial charge in [0.2, 0.25) is 11.8 Å². The second kappa shape index (κ2) is 6.60. The molecule has 2 N–H and O–H groups in total. The number of alkyl halides is 3. The molecule has 0 spiro atoms. The number of halogens is 3. The number of hydrogen-bond acceptors (Lipinski definition) is 4. The van der Waals surface area contributed by atoms with Gasteiger partial charge in [0.05, 0.1) is 0 Å². The molecule has 9 heteroatoms. The van der Waals surface area contributed by atoms with Crippen molar-refractivity contribution < 1.29 is 18.0 Å². The van der Waals surface area contributed by atoms with Crippen LogP contribution in [0.4, 0.5) is 19.1 Å². The number of H-pyrrole nitrogens is 1. The van der Waals surface area contributed by atoms with Gasteiger partial charge in [-0.25, -0.2) is 0 Å². The van der Waals surface area contributed by atoms with Crippen molar-refractivity contribution in [3.8, 4) is 0 Å². The molecule has 1 aromatic carbocycles. The predicted octanol–water partition coefficient (Wildman–Crippen LogP) is 2.67. The molecule has 0 radical (unpaired) electrons. The van der Waals surface area contributed by atoms with Crippen LogP contribution in [0.2, 0.25) is 0 Å². The molecule has 2 heterocycles. The first-order valence-electron chi connectivity index (χ1n) is 7.54. The summed E-state index contributed by atoms with van der Waals surface area (Å²) in [5.41, 5.74) is 1.33. The number of nitrogens with one attached hydrogen (secondary N) is 2. The molecule has 0 bridgehead atoms. The number of carbonyl (C=O) groups is 1. The summed E-state index contributed by atoms with van der Waals surface area (Å²) in [6.07, 6.45) is -2.29. The van der Waals surface area contributed by atoms with Gasteiger partial charge in [-0.15, -0.1) is 5.10 Å². The number of anilines is 1. The van der Waals surface area contributed by atoms with Gasteiger partial charge in [-0.1, -0.05) is 12.1 Å². The van der Waals surface area contributed by atoms with Gasteiger partial charge in [-0.2, -0.15) is 18.2 Å². The van der Waals surface area contributed by atoms with Crippen molar-refractivity contribution in [1.82, 2.24) is 20.1 Å². The normalized spacial score (nSPS) is 15.6. The van der Waals surface area contributed by atoms with E-state index in [1.165, 1.54) is 12.8 Å². The van der Waals surface area contributed by atoms with Crippen LogP contribution in [0.25, 0.3) is 0 Å². The van der Waals surface area contributed by atoms with Crippen molar-refractivity contribution in [2.24, 2.45) is 0 Å².